The van der Waals surface area contributed by atoms with E-state index in [4.69, 9.17) is 9.47 Å². The second-order valence-electron chi connectivity index (χ2n) is 12.7. The van der Waals surface area contributed by atoms with E-state index in [1.165, 1.54) is 43.4 Å². The molecule has 0 spiro atoms. The predicted octanol–water partition coefficient (Wildman–Crippen LogP) is 6.35. The first-order valence-electron chi connectivity index (χ1n) is 16.7. The van der Waals surface area contributed by atoms with Crippen LogP contribution in [0, 0.1) is 19.7 Å². The number of nitrogens with zero attached hydrogens (tertiary/aromatic N) is 2. The number of anilines is 1. The van der Waals surface area contributed by atoms with E-state index < -0.39 is 34.3 Å². The van der Waals surface area contributed by atoms with E-state index in [0.29, 0.717) is 5.75 Å². The number of hydrogen-bond donors (Lipinski definition) is 1. The Morgan fingerprint density at radius 2 is 1.50 bits per heavy atom. The molecular weight excluding hydrogens is 658 g/mol. The molecule has 1 fully saturated rings. The SMILES string of the molecule is COc1ccc(S(=O)(=O)N(CC(=O)N(Cc2ccccc2F)[C@@H](Cc2ccccc2)C(=O)NC2CCCC2)c2cc(C)cc(C)c2)cc1OC. The topological polar surface area (TPSA) is 105 Å². The minimum atomic E-state index is -4.40. The van der Waals surface area contributed by atoms with Crippen LogP contribution in [-0.4, -0.2) is 58.0 Å². The average Bonchev–Trinajstić information content (AvgIpc) is 3.62. The van der Waals surface area contributed by atoms with Crippen LogP contribution >= 0.6 is 0 Å². The quantitative estimate of drug-likeness (QED) is 0.164. The molecule has 4 aromatic carbocycles. The lowest BCUT2D eigenvalue weighted by Gasteiger charge is -2.34. The summed E-state index contributed by atoms with van der Waals surface area (Å²) >= 11 is 0. The van der Waals surface area contributed by atoms with Crippen molar-refractivity contribution in [3.8, 4) is 11.5 Å². The van der Waals surface area contributed by atoms with Gasteiger partial charge < -0.3 is 19.7 Å². The fourth-order valence-electron chi connectivity index (χ4n) is 6.46. The number of rotatable bonds is 14. The minimum absolute atomic E-state index is 0.0385. The lowest BCUT2D eigenvalue weighted by molar-refractivity contribution is -0.140. The summed E-state index contributed by atoms with van der Waals surface area (Å²) in [4.78, 5) is 30.1. The molecule has 1 N–H and O–H groups in total. The van der Waals surface area contributed by atoms with Gasteiger partial charge in [0.25, 0.3) is 10.0 Å². The van der Waals surface area contributed by atoms with Crippen molar-refractivity contribution in [3.63, 3.8) is 0 Å². The third-order valence-electron chi connectivity index (χ3n) is 8.99. The van der Waals surface area contributed by atoms with E-state index in [9.17, 15) is 18.0 Å². The number of ether oxygens (including phenoxy) is 2. The highest BCUT2D eigenvalue weighted by molar-refractivity contribution is 7.92. The highest BCUT2D eigenvalue weighted by Gasteiger charge is 2.36. The van der Waals surface area contributed by atoms with Crippen molar-refractivity contribution in [1.82, 2.24) is 10.2 Å². The standard InChI is InChI=1S/C39H44FN3O6S/c1-27-20-28(2)22-32(21-27)43(50(46,47)33-18-19-36(48-3)37(24-33)49-4)26-38(44)42(25-30-14-8-11-17-34(30)40)35(23-29-12-6-5-7-13-29)39(45)41-31-15-9-10-16-31/h5-8,11-14,17-22,24,31,35H,9-10,15-16,23,25-26H2,1-4H3,(H,41,45)/t35-/m0/s1. The number of benzene rings is 4. The zero-order valence-corrected chi connectivity index (χ0v) is 29.7. The molecule has 0 bridgehead atoms. The van der Waals surface area contributed by atoms with Crippen LogP contribution < -0.4 is 19.1 Å². The van der Waals surface area contributed by atoms with E-state index in [0.717, 1.165) is 46.7 Å². The van der Waals surface area contributed by atoms with Crippen molar-refractivity contribution in [2.75, 3.05) is 25.1 Å². The van der Waals surface area contributed by atoms with Gasteiger partial charge in [-0.3, -0.25) is 13.9 Å². The Balaban J connectivity index is 1.61. The number of halogens is 1. The Kier molecular flexibility index (Phi) is 11.8. The third kappa shape index (κ3) is 8.63. The summed E-state index contributed by atoms with van der Waals surface area (Å²) in [7, 11) is -1.55. The Hall–Kier alpha value is -4.90. The second kappa shape index (κ2) is 16.2. The van der Waals surface area contributed by atoms with Gasteiger partial charge in [-0.05, 0) is 73.7 Å². The smallest absolute Gasteiger partial charge is 0.264 e. The summed E-state index contributed by atoms with van der Waals surface area (Å²) in [5.41, 5.74) is 2.86. The molecule has 5 rings (SSSR count). The maximum atomic E-state index is 15.2. The van der Waals surface area contributed by atoms with Crippen molar-refractivity contribution in [2.24, 2.45) is 0 Å². The molecule has 1 saturated carbocycles. The van der Waals surface area contributed by atoms with Crippen LogP contribution in [0.4, 0.5) is 10.1 Å². The van der Waals surface area contributed by atoms with Crippen molar-refractivity contribution in [3.05, 3.63) is 119 Å². The highest BCUT2D eigenvalue weighted by atomic mass is 32.2. The summed E-state index contributed by atoms with van der Waals surface area (Å²) in [5, 5.41) is 3.13. The van der Waals surface area contributed by atoms with Crippen molar-refractivity contribution in [2.45, 2.75) is 69.5 Å². The lowest BCUT2D eigenvalue weighted by Crippen LogP contribution is -2.54. The molecule has 1 aliphatic carbocycles. The maximum absolute atomic E-state index is 15.2. The molecular formula is C39H44FN3O6S. The van der Waals surface area contributed by atoms with Gasteiger partial charge in [-0.2, -0.15) is 0 Å². The van der Waals surface area contributed by atoms with E-state index in [2.05, 4.69) is 5.32 Å². The maximum Gasteiger partial charge on any atom is 0.264 e. The molecule has 2 amide bonds. The first-order chi connectivity index (χ1) is 24.0. The molecule has 1 aliphatic rings. The van der Waals surface area contributed by atoms with Crippen molar-refractivity contribution < 1.29 is 31.9 Å². The van der Waals surface area contributed by atoms with Crippen LogP contribution in [0.5, 0.6) is 11.5 Å². The fraction of sp³-hybridized carbons (Fsp3) is 0.333. The zero-order chi connectivity index (χ0) is 35.8. The van der Waals surface area contributed by atoms with Crippen LogP contribution in [0.2, 0.25) is 0 Å². The van der Waals surface area contributed by atoms with Gasteiger partial charge in [0.1, 0.15) is 18.4 Å². The molecule has 0 aromatic heterocycles. The number of carbonyl (C=O) groups is 2. The second-order valence-corrected chi connectivity index (χ2v) is 14.5. The normalized spacial score (nSPS) is 13.8. The molecule has 0 heterocycles. The summed E-state index contributed by atoms with van der Waals surface area (Å²) in [6, 6.07) is 23.8. The predicted molar refractivity (Wildman–Crippen MR) is 191 cm³/mol. The number of carbonyl (C=O) groups excluding carboxylic acids is 2. The molecule has 0 radical (unpaired) electrons. The Morgan fingerprint density at radius 3 is 2.14 bits per heavy atom. The summed E-state index contributed by atoms with van der Waals surface area (Å²) in [5.74, 6) is -1.03. The average molecular weight is 702 g/mol. The first-order valence-corrected chi connectivity index (χ1v) is 18.1. The van der Waals surface area contributed by atoms with Crippen LogP contribution in [0.25, 0.3) is 0 Å². The number of methoxy groups -OCH3 is 2. The zero-order valence-electron chi connectivity index (χ0n) is 28.9. The van der Waals surface area contributed by atoms with E-state index >= 15 is 4.39 Å². The minimum Gasteiger partial charge on any atom is -0.493 e. The van der Waals surface area contributed by atoms with Gasteiger partial charge in [0.15, 0.2) is 11.5 Å². The number of nitrogens with one attached hydrogen (secondary N) is 1. The molecule has 11 heteroatoms. The van der Waals surface area contributed by atoms with Gasteiger partial charge in [-0.15, -0.1) is 0 Å². The van der Waals surface area contributed by atoms with E-state index in [1.54, 1.807) is 30.3 Å². The van der Waals surface area contributed by atoms with Crippen molar-refractivity contribution in [1.29, 1.82) is 0 Å². The van der Waals surface area contributed by atoms with Gasteiger partial charge >= 0.3 is 0 Å². The molecule has 0 saturated heterocycles. The Bertz CT molecular complexity index is 1890. The Morgan fingerprint density at radius 1 is 0.860 bits per heavy atom. The van der Waals surface area contributed by atoms with Gasteiger partial charge in [-0.25, -0.2) is 12.8 Å². The molecule has 1 atom stereocenters. The van der Waals surface area contributed by atoms with E-state index in [-0.39, 0.29) is 46.8 Å². The first kappa shape index (κ1) is 36.4. The summed E-state index contributed by atoms with van der Waals surface area (Å²) in [6.07, 6.45) is 3.78. The number of amides is 2. The monoisotopic (exact) mass is 701 g/mol. The van der Waals surface area contributed by atoms with Gasteiger partial charge in [0.05, 0.1) is 24.8 Å². The number of sulfonamides is 1. The molecule has 50 heavy (non-hydrogen) atoms. The van der Waals surface area contributed by atoms with Gasteiger partial charge in [0.2, 0.25) is 11.8 Å². The Labute approximate surface area is 294 Å². The summed E-state index contributed by atoms with van der Waals surface area (Å²) < 4.78 is 56.1. The number of aryl methyl sites for hydroxylation is 2. The number of hydrogen-bond acceptors (Lipinski definition) is 6. The van der Waals surface area contributed by atoms with Crippen molar-refractivity contribution >= 4 is 27.5 Å². The van der Waals surface area contributed by atoms with Crippen LogP contribution in [0.3, 0.4) is 0 Å². The summed E-state index contributed by atoms with van der Waals surface area (Å²) in [6.45, 7) is 2.77. The fourth-order valence-corrected chi connectivity index (χ4v) is 7.87. The van der Waals surface area contributed by atoms with E-state index in [1.807, 2.05) is 50.2 Å². The third-order valence-corrected chi connectivity index (χ3v) is 10.8. The lowest BCUT2D eigenvalue weighted by atomic mass is 10.0. The van der Waals surface area contributed by atoms with Crippen LogP contribution in [0.1, 0.15) is 47.9 Å². The van der Waals surface area contributed by atoms with Gasteiger partial charge in [-0.1, -0.05) is 67.4 Å². The molecule has 4 aromatic rings. The molecule has 0 aliphatic heterocycles. The molecule has 0 unspecified atom stereocenters. The van der Waals surface area contributed by atoms with Crippen LogP contribution in [-0.2, 0) is 32.6 Å². The molecule has 264 valence electrons. The highest BCUT2D eigenvalue weighted by Crippen LogP contribution is 2.33. The van der Waals surface area contributed by atoms with Gasteiger partial charge in [0, 0.05) is 30.6 Å². The largest absolute Gasteiger partial charge is 0.493 e. The molecule has 9 nitrogen and oxygen atoms in total. The van der Waals surface area contributed by atoms with Crippen LogP contribution in [0.15, 0.2) is 95.9 Å².